The molecule has 0 atom stereocenters. The molecule has 1 saturated carbocycles. The molecule has 1 fully saturated rings. The molecule has 1 aliphatic carbocycles. The average molecular weight is 258 g/mol. The molecule has 1 aromatic rings. The van der Waals surface area contributed by atoms with Crippen molar-refractivity contribution < 1.29 is 4.39 Å². The summed E-state index contributed by atoms with van der Waals surface area (Å²) in [5, 5.41) is 3.42. The van der Waals surface area contributed by atoms with E-state index in [1.54, 1.807) is 6.07 Å². The molecule has 1 aliphatic rings. The second-order valence-corrected chi connectivity index (χ2v) is 5.11. The molecule has 0 radical (unpaired) electrons. The van der Waals surface area contributed by atoms with Gasteiger partial charge in [0.2, 0.25) is 0 Å². The van der Waals surface area contributed by atoms with Crippen LogP contribution in [0.25, 0.3) is 0 Å². The van der Waals surface area contributed by atoms with Gasteiger partial charge in [-0.1, -0.05) is 15.9 Å². The van der Waals surface area contributed by atoms with Crippen molar-refractivity contribution in [3.8, 4) is 0 Å². The Labute approximate surface area is 91.8 Å². The lowest BCUT2D eigenvalue weighted by Gasteiger charge is -2.11. The molecule has 0 bridgehead atoms. The molecular formula is C11H13BrFN. The van der Waals surface area contributed by atoms with Crippen molar-refractivity contribution in [2.24, 2.45) is 0 Å². The minimum atomic E-state index is -0.183. The van der Waals surface area contributed by atoms with Gasteiger partial charge in [-0.05, 0) is 43.5 Å². The zero-order chi connectivity index (χ0) is 10.2. The summed E-state index contributed by atoms with van der Waals surface area (Å²) in [7, 11) is 0. The molecule has 14 heavy (non-hydrogen) atoms. The molecule has 1 aromatic carbocycles. The molecule has 1 N–H and O–H groups in total. The minimum Gasteiger partial charge on any atom is -0.307 e. The summed E-state index contributed by atoms with van der Waals surface area (Å²) in [4.78, 5) is 0. The fraction of sp³-hybridized carbons (Fsp3) is 0.455. The SMILES string of the molecule is CC1(NCc2cc(F)cc(Br)c2)CC1. The van der Waals surface area contributed by atoms with E-state index < -0.39 is 0 Å². The summed E-state index contributed by atoms with van der Waals surface area (Å²) in [6.45, 7) is 2.94. The van der Waals surface area contributed by atoms with Gasteiger partial charge in [-0.15, -0.1) is 0 Å². The predicted octanol–water partition coefficient (Wildman–Crippen LogP) is 3.23. The number of nitrogens with one attached hydrogen (secondary N) is 1. The van der Waals surface area contributed by atoms with Gasteiger partial charge in [0.25, 0.3) is 0 Å². The predicted molar refractivity (Wildman–Crippen MR) is 58.6 cm³/mol. The molecule has 1 nitrogen and oxygen atoms in total. The van der Waals surface area contributed by atoms with Crippen LogP contribution in [-0.2, 0) is 6.54 Å². The molecule has 0 aromatic heterocycles. The lowest BCUT2D eigenvalue weighted by atomic mass is 10.2. The van der Waals surface area contributed by atoms with Crippen LogP contribution in [0.3, 0.4) is 0 Å². The highest BCUT2D eigenvalue weighted by molar-refractivity contribution is 9.10. The Morgan fingerprint density at radius 1 is 1.43 bits per heavy atom. The van der Waals surface area contributed by atoms with Gasteiger partial charge in [-0.2, -0.15) is 0 Å². The summed E-state index contributed by atoms with van der Waals surface area (Å²) in [5.41, 5.74) is 1.30. The van der Waals surface area contributed by atoms with Gasteiger partial charge in [0, 0.05) is 16.6 Å². The van der Waals surface area contributed by atoms with E-state index in [-0.39, 0.29) is 5.82 Å². The summed E-state index contributed by atoms with van der Waals surface area (Å²) < 4.78 is 13.8. The Balaban J connectivity index is 2.01. The first-order valence-electron chi connectivity index (χ1n) is 4.77. The van der Waals surface area contributed by atoms with E-state index in [9.17, 15) is 4.39 Å². The summed E-state index contributed by atoms with van der Waals surface area (Å²) in [6, 6.07) is 4.99. The normalized spacial score (nSPS) is 18.2. The van der Waals surface area contributed by atoms with Gasteiger partial charge >= 0.3 is 0 Å². The zero-order valence-electron chi connectivity index (χ0n) is 8.11. The van der Waals surface area contributed by atoms with Crippen LogP contribution in [0.1, 0.15) is 25.3 Å². The van der Waals surface area contributed by atoms with Crippen molar-refractivity contribution in [3.63, 3.8) is 0 Å². The first kappa shape index (κ1) is 10.1. The number of hydrogen-bond acceptors (Lipinski definition) is 1. The van der Waals surface area contributed by atoms with E-state index in [1.165, 1.54) is 18.9 Å². The molecule has 76 valence electrons. The molecule has 0 saturated heterocycles. The fourth-order valence-corrected chi connectivity index (χ4v) is 1.91. The maximum Gasteiger partial charge on any atom is 0.124 e. The maximum atomic E-state index is 13.0. The standard InChI is InChI=1S/C11H13BrFN/c1-11(2-3-11)14-7-8-4-9(12)6-10(13)5-8/h4-6,14H,2-3,7H2,1H3. The van der Waals surface area contributed by atoms with Gasteiger partial charge in [-0.25, -0.2) is 4.39 Å². The Kier molecular flexibility index (Phi) is 2.62. The number of halogens is 2. The third-order valence-electron chi connectivity index (χ3n) is 2.64. The quantitative estimate of drug-likeness (QED) is 0.877. The molecule has 0 unspecified atom stereocenters. The number of rotatable bonds is 3. The van der Waals surface area contributed by atoms with Crippen molar-refractivity contribution in [3.05, 3.63) is 34.1 Å². The van der Waals surface area contributed by atoms with E-state index >= 15 is 0 Å². The highest BCUT2D eigenvalue weighted by Crippen LogP contribution is 2.34. The van der Waals surface area contributed by atoms with Crippen LogP contribution in [-0.4, -0.2) is 5.54 Å². The lowest BCUT2D eigenvalue weighted by Crippen LogP contribution is -2.26. The van der Waals surface area contributed by atoms with Crippen molar-refractivity contribution in [2.75, 3.05) is 0 Å². The Bertz CT molecular complexity index is 327. The topological polar surface area (TPSA) is 12.0 Å². The van der Waals surface area contributed by atoms with Crippen LogP contribution in [0.5, 0.6) is 0 Å². The first-order chi connectivity index (χ1) is 6.57. The monoisotopic (exact) mass is 257 g/mol. The van der Waals surface area contributed by atoms with Crippen molar-refractivity contribution in [1.29, 1.82) is 0 Å². The van der Waals surface area contributed by atoms with E-state index in [2.05, 4.69) is 28.2 Å². The van der Waals surface area contributed by atoms with Crippen LogP contribution in [0.2, 0.25) is 0 Å². The van der Waals surface area contributed by atoms with Crippen LogP contribution in [0.15, 0.2) is 22.7 Å². The van der Waals surface area contributed by atoms with Gasteiger partial charge in [0.15, 0.2) is 0 Å². The third kappa shape index (κ3) is 2.55. The van der Waals surface area contributed by atoms with E-state index in [0.717, 1.165) is 16.6 Å². The third-order valence-corrected chi connectivity index (χ3v) is 3.10. The zero-order valence-corrected chi connectivity index (χ0v) is 9.70. The second-order valence-electron chi connectivity index (χ2n) is 4.19. The van der Waals surface area contributed by atoms with E-state index in [4.69, 9.17) is 0 Å². The molecular weight excluding hydrogens is 245 g/mol. The van der Waals surface area contributed by atoms with E-state index in [1.807, 2.05) is 6.07 Å². The summed E-state index contributed by atoms with van der Waals surface area (Å²) >= 11 is 3.28. The Morgan fingerprint density at radius 2 is 2.14 bits per heavy atom. The Hall–Kier alpha value is -0.410. The van der Waals surface area contributed by atoms with Crippen molar-refractivity contribution in [1.82, 2.24) is 5.32 Å². The molecule has 0 aliphatic heterocycles. The highest BCUT2D eigenvalue weighted by atomic mass is 79.9. The molecule has 0 spiro atoms. The smallest absolute Gasteiger partial charge is 0.124 e. The van der Waals surface area contributed by atoms with Gasteiger partial charge in [0.05, 0.1) is 0 Å². The average Bonchev–Trinajstić information content (AvgIpc) is 2.80. The summed E-state index contributed by atoms with van der Waals surface area (Å²) in [5.74, 6) is -0.183. The van der Waals surface area contributed by atoms with Gasteiger partial charge in [0.1, 0.15) is 5.82 Å². The molecule has 3 heteroatoms. The van der Waals surface area contributed by atoms with Crippen LogP contribution >= 0.6 is 15.9 Å². The molecule has 0 heterocycles. The van der Waals surface area contributed by atoms with Crippen molar-refractivity contribution >= 4 is 15.9 Å². The largest absolute Gasteiger partial charge is 0.307 e. The van der Waals surface area contributed by atoms with Crippen molar-refractivity contribution in [2.45, 2.75) is 31.8 Å². The number of hydrogen-bond donors (Lipinski definition) is 1. The van der Waals surface area contributed by atoms with Gasteiger partial charge < -0.3 is 5.32 Å². The highest BCUT2D eigenvalue weighted by Gasteiger charge is 2.36. The van der Waals surface area contributed by atoms with Gasteiger partial charge in [-0.3, -0.25) is 0 Å². The minimum absolute atomic E-state index is 0.183. The van der Waals surface area contributed by atoms with E-state index in [0.29, 0.717) is 5.54 Å². The Morgan fingerprint density at radius 3 is 2.71 bits per heavy atom. The van der Waals surface area contributed by atoms with Crippen LogP contribution < -0.4 is 5.32 Å². The van der Waals surface area contributed by atoms with Crippen LogP contribution in [0, 0.1) is 5.82 Å². The second kappa shape index (κ2) is 3.63. The first-order valence-corrected chi connectivity index (χ1v) is 5.57. The summed E-state index contributed by atoms with van der Waals surface area (Å²) in [6.07, 6.45) is 2.45. The molecule has 0 amide bonds. The lowest BCUT2D eigenvalue weighted by molar-refractivity contribution is 0.534. The maximum absolute atomic E-state index is 13.0. The molecule has 2 rings (SSSR count). The number of benzene rings is 1. The van der Waals surface area contributed by atoms with Crippen LogP contribution in [0.4, 0.5) is 4.39 Å². The fourth-order valence-electron chi connectivity index (χ4n) is 1.39.